The highest BCUT2D eigenvalue weighted by atomic mass is 16.1. The molecule has 6 nitrogen and oxygen atoms in total. The van der Waals surface area contributed by atoms with Crippen LogP contribution < -0.4 is 16.8 Å². The third-order valence-electron chi connectivity index (χ3n) is 4.11. The first-order valence-corrected chi connectivity index (χ1v) is 8.25. The van der Waals surface area contributed by atoms with E-state index in [2.05, 4.69) is 5.32 Å². The number of amidine groups is 2. The second-order valence-electron chi connectivity index (χ2n) is 6.02. The smallest absolute Gasteiger partial charge is 0.255 e. The van der Waals surface area contributed by atoms with E-state index in [0.717, 1.165) is 11.1 Å². The molecule has 0 aliphatic heterocycles. The molecule has 3 aromatic rings. The SMILES string of the molecule is N=C(N)c1ccc(-c2ccc(C(=O)Nc3cccc(C(=N)N)c3)cc2)cc1. The van der Waals surface area contributed by atoms with E-state index in [4.69, 9.17) is 22.3 Å². The van der Waals surface area contributed by atoms with Crippen LogP contribution in [0, 0.1) is 10.8 Å². The summed E-state index contributed by atoms with van der Waals surface area (Å²) in [5, 5.41) is 17.7. The van der Waals surface area contributed by atoms with Crippen molar-refractivity contribution in [2.24, 2.45) is 11.5 Å². The predicted octanol–water partition coefficient (Wildman–Crippen LogP) is 3.17. The number of amides is 1. The first-order chi connectivity index (χ1) is 12.9. The van der Waals surface area contributed by atoms with Gasteiger partial charge in [0, 0.05) is 22.4 Å². The zero-order valence-electron chi connectivity index (χ0n) is 14.5. The normalized spacial score (nSPS) is 10.2. The summed E-state index contributed by atoms with van der Waals surface area (Å²) >= 11 is 0. The van der Waals surface area contributed by atoms with Crippen molar-refractivity contribution < 1.29 is 4.79 Å². The maximum Gasteiger partial charge on any atom is 0.255 e. The first-order valence-electron chi connectivity index (χ1n) is 8.25. The maximum atomic E-state index is 12.4. The van der Waals surface area contributed by atoms with Crippen molar-refractivity contribution in [1.29, 1.82) is 10.8 Å². The zero-order chi connectivity index (χ0) is 19.4. The highest BCUT2D eigenvalue weighted by Crippen LogP contribution is 2.21. The third kappa shape index (κ3) is 4.19. The van der Waals surface area contributed by atoms with Gasteiger partial charge in [-0.25, -0.2) is 0 Å². The fourth-order valence-electron chi connectivity index (χ4n) is 2.62. The Kier molecular flexibility index (Phi) is 4.99. The molecule has 6 heteroatoms. The van der Waals surface area contributed by atoms with Gasteiger partial charge in [-0.05, 0) is 35.4 Å². The molecule has 0 bridgehead atoms. The molecule has 0 fully saturated rings. The monoisotopic (exact) mass is 357 g/mol. The van der Waals surface area contributed by atoms with E-state index < -0.39 is 0 Å². The van der Waals surface area contributed by atoms with Crippen LogP contribution in [-0.2, 0) is 0 Å². The van der Waals surface area contributed by atoms with Gasteiger partial charge in [-0.15, -0.1) is 0 Å². The Labute approximate surface area is 156 Å². The molecule has 27 heavy (non-hydrogen) atoms. The quantitative estimate of drug-likeness (QED) is 0.355. The standard InChI is InChI=1S/C21H19N5O/c22-19(23)15-8-4-13(5-9-15)14-6-10-16(11-7-14)21(27)26-18-3-1-2-17(12-18)20(24)25/h1-12H,(H3,22,23)(H3,24,25)(H,26,27). The third-order valence-corrected chi connectivity index (χ3v) is 4.11. The fourth-order valence-corrected chi connectivity index (χ4v) is 2.62. The highest BCUT2D eigenvalue weighted by Gasteiger charge is 2.08. The second kappa shape index (κ2) is 7.53. The van der Waals surface area contributed by atoms with Gasteiger partial charge in [0.05, 0.1) is 0 Å². The van der Waals surface area contributed by atoms with Crippen molar-refractivity contribution in [2.45, 2.75) is 0 Å². The number of rotatable bonds is 5. The van der Waals surface area contributed by atoms with Gasteiger partial charge in [0.25, 0.3) is 5.91 Å². The minimum absolute atomic E-state index is 0.0300. The lowest BCUT2D eigenvalue weighted by molar-refractivity contribution is 0.102. The van der Waals surface area contributed by atoms with Crippen LogP contribution in [0.2, 0.25) is 0 Å². The molecule has 0 heterocycles. The van der Waals surface area contributed by atoms with E-state index in [0.29, 0.717) is 22.4 Å². The summed E-state index contributed by atoms with van der Waals surface area (Å²) in [5.74, 6) is -0.261. The largest absolute Gasteiger partial charge is 0.384 e. The van der Waals surface area contributed by atoms with Crippen LogP contribution in [-0.4, -0.2) is 17.6 Å². The van der Waals surface area contributed by atoms with E-state index in [-0.39, 0.29) is 17.6 Å². The Hall–Kier alpha value is -3.93. The summed E-state index contributed by atoms with van der Waals surface area (Å²) in [5.41, 5.74) is 15.2. The molecule has 134 valence electrons. The molecule has 7 N–H and O–H groups in total. The van der Waals surface area contributed by atoms with Crippen LogP contribution >= 0.6 is 0 Å². The molecule has 3 aromatic carbocycles. The average Bonchev–Trinajstić information content (AvgIpc) is 2.68. The molecule has 0 spiro atoms. The molecular weight excluding hydrogens is 338 g/mol. The number of carbonyl (C=O) groups is 1. The first kappa shape index (κ1) is 17.9. The van der Waals surface area contributed by atoms with Gasteiger partial charge in [0.1, 0.15) is 11.7 Å². The lowest BCUT2D eigenvalue weighted by atomic mass is 10.0. The summed E-state index contributed by atoms with van der Waals surface area (Å²) in [7, 11) is 0. The fraction of sp³-hybridized carbons (Fsp3) is 0. The van der Waals surface area contributed by atoms with Gasteiger partial charge >= 0.3 is 0 Å². The molecule has 0 aliphatic rings. The van der Waals surface area contributed by atoms with Crippen molar-refractivity contribution in [1.82, 2.24) is 0 Å². The Balaban J connectivity index is 1.74. The van der Waals surface area contributed by atoms with Crippen molar-refractivity contribution in [3.63, 3.8) is 0 Å². The summed E-state index contributed by atoms with van der Waals surface area (Å²) in [6, 6.07) is 21.4. The summed E-state index contributed by atoms with van der Waals surface area (Å²) < 4.78 is 0. The Morgan fingerprint density at radius 1 is 0.704 bits per heavy atom. The van der Waals surface area contributed by atoms with Gasteiger partial charge in [-0.2, -0.15) is 0 Å². The van der Waals surface area contributed by atoms with E-state index in [1.54, 1.807) is 48.5 Å². The van der Waals surface area contributed by atoms with Crippen molar-refractivity contribution in [3.05, 3.63) is 89.5 Å². The second-order valence-corrected chi connectivity index (χ2v) is 6.02. The van der Waals surface area contributed by atoms with Gasteiger partial charge < -0.3 is 16.8 Å². The molecule has 0 saturated carbocycles. The molecule has 0 aliphatic carbocycles. The van der Waals surface area contributed by atoms with E-state index in [1.807, 2.05) is 24.3 Å². The summed E-state index contributed by atoms with van der Waals surface area (Å²) in [6.45, 7) is 0. The number of benzene rings is 3. The van der Waals surface area contributed by atoms with Crippen molar-refractivity contribution in [3.8, 4) is 11.1 Å². The molecular formula is C21H19N5O. The molecule has 3 rings (SSSR count). The lowest BCUT2D eigenvalue weighted by Gasteiger charge is -2.08. The van der Waals surface area contributed by atoms with E-state index in [9.17, 15) is 4.79 Å². The number of anilines is 1. The number of carbonyl (C=O) groups excluding carboxylic acids is 1. The zero-order valence-corrected chi connectivity index (χ0v) is 14.5. The molecule has 0 aromatic heterocycles. The van der Waals surface area contributed by atoms with Crippen LogP contribution in [0.5, 0.6) is 0 Å². The van der Waals surface area contributed by atoms with E-state index in [1.165, 1.54) is 0 Å². The van der Waals surface area contributed by atoms with Crippen LogP contribution in [0.3, 0.4) is 0 Å². The van der Waals surface area contributed by atoms with Gasteiger partial charge in [0.15, 0.2) is 0 Å². The van der Waals surface area contributed by atoms with Crippen molar-refractivity contribution >= 4 is 23.3 Å². The number of nitrogens with one attached hydrogen (secondary N) is 3. The lowest BCUT2D eigenvalue weighted by Crippen LogP contribution is -2.14. The minimum atomic E-state index is -0.242. The van der Waals surface area contributed by atoms with E-state index >= 15 is 0 Å². The summed E-state index contributed by atoms with van der Waals surface area (Å²) in [4.78, 5) is 12.4. The maximum absolute atomic E-state index is 12.4. The summed E-state index contributed by atoms with van der Waals surface area (Å²) in [6.07, 6.45) is 0. The number of hydrogen-bond donors (Lipinski definition) is 5. The van der Waals surface area contributed by atoms with Gasteiger partial charge in [-0.1, -0.05) is 48.5 Å². The van der Waals surface area contributed by atoms with Crippen LogP contribution in [0.15, 0.2) is 72.8 Å². The Morgan fingerprint density at radius 2 is 1.22 bits per heavy atom. The van der Waals surface area contributed by atoms with Crippen molar-refractivity contribution in [2.75, 3.05) is 5.32 Å². The minimum Gasteiger partial charge on any atom is -0.384 e. The number of nitrogens with two attached hydrogens (primary N) is 2. The number of nitrogen functional groups attached to an aromatic ring is 2. The van der Waals surface area contributed by atoms with Crippen LogP contribution in [0.4, 0.5) is 5.69 Å². The molecule has 1 amide bonds. The molecule has 0 unspecified atom stereocenters. The topological polar surface area (TPSA) is 129 Å². The molecule has 0 saturated heterocycles. The Morgan fingerprint density at radius 3 is 1.74 bits per heavy atom. The van der Waals surface area contributed by atoms with Gasteiger partial charge in [-0.3, -0.25) is 15.6 Å². The number of hydrogen-bond acceptors (Lipinski definition) is 3. The predicted molar refractivity (Wildman–Crippen MR) is 108 cm³/mol. The molecule has 0 atom stereocenters. The van der Waals surface area contributed by atoms with Gasteiger partial charge in [0.2, 0.25) is 0 Å². The average molecular weight is 357 g/mol. The Bertz CT molecular complexity index is 1010. The van der Waals surface area contributed by atoms with Crippen LogP contribution in [0.25, 0.3) is 11.1 Å². The van der Waals surface area contributed by atoms with Crippen LogP contribution in [0.1, 0.15) is 21.5 Å². The molecule has 0 radical (unpaired) electrons. The highest BCUT2D eigenvalue weighted by molar-refractivity contribution is 6.05.